The number of methoxy groups -OCH3 is 3. The Bertz CT molecular complexity index is 1630. The molecule has 15 heteroatoms. The van der Waals surface area contributed by atoms with Gasteiger partial charge in [0, 0.05) is 49.6 Å². The second-order valence-electron chi connectivity index (χ2n) is 12.4. The molecule has 1 amide bonds. The van der Waals surface area contributed by atoms with Gasteiger partial charge in [0.2, 0.25) is 12.5 Å². The molecule has 0 radical (unpaired) electrons. The van der Waals surface area contributed by atoms with Crippen LogP contribution in [0, 0.1) is 11.8 Å². The SMILES string of the molecule is COc1cc([C@@H]2c3cc4c(cc3[C@H](OC(=O)NS(=O)(=O)N3CCN(C5CCCC5)CC3)[C@H]3COC(=O)[C@H]23)OCO4)cc(OC)c1OC. The van der Waals surface area contributed by atoms with Crippen LogP contribution in [0.2, 0.25) is 0 Å². The number of hydrogen-bond acceptors (Lipinski definition) is 12. The Balaban J connectivity index is 1.19. The third-order valence-corrected chi connectivity index (χ3v) is 11.5. The summed E-state index contributed by atoms with van der Waals surface area (Å²) in [7, 11) is 0.341. The molecule has 3 aliphatic heterocycles. The van der Waals surface area contributed by atoms with E-state index in [0.29, 0.717) is 64.6 Å². The number of amides is 1. The van der Waals surface area contributed by atoms with Gasteiger partial charge >= 0.3 is 22.3 Å². The predicted molar refractivity (Wildman–Crippen MR) is 165 cm³/mol. The third kappa shape index (κ3) is 5.67. The van der Waals surface area contributed by atoms with E-state index in [1.807, 2.05) is 0 Å². The van der Waals surface area contributed by atoms with Gasteiger partial charge < -0.3 is 33.2 Å². The second-order valence-corrected chi connectivity index (χ2v) is 14.1. The first-order valence-electron chi connectivity index (χ1n) is 15.8. The van der Waals surface area contributed by atoms with Gasteiger partial charge in [-0.05, 0) is 48.2 Å². The fourth-order valence-electron chi connectivity index (χ4n) is 7.83. The van der Waals surface area contributed by atoms with Crippen molar-refractivity contribution in [2.24, 2.45) is 11.8 Å². The topological polar surface area (TPSA) is 151 Å². The summed E-state index contributed by atoms with van der Waals surface area (Å²) < 4.78 is 69.5. The number of carbonyl (C=O) groups excluding carboxylic acids is 2. The average Bonchev–Trinajstić information content (AvgIpc) is 3.85. The molecule has 254 valence electrons. The number of nitrogens with one attached hydrogen (secondary N) is 1. The number of esters is 1. The summed E-state index contributed by atoms with van der Waals surface area (Å²) in [5, 5.41) is 0. The fraction of sp³-hybridized carbons (Fsp3) is 0.562. The predicted octanol–water partition coefficient (Wildman–Crippen LogP) is 2.95. The zero-order chi connectivity index (χ0) is 32.9. The van der Waals surface area contributed by atoms with E-state index in [1.165, 1.54) is 38.5 Å². The highest BCUT2D eigenvalue weighted by Gasteiger charge is 2.54. The Morgan fingerprint density at radius 1 is 0.872 bits per heavy atom. The molecule has 2 aliphatic carbocycles. The summed E-state index contributed by atoms with van der Waals surface area (Å²) in [6.07, 6.45) is 2.50. The average molecular weight is 674 g/mol. The highest BCUT2D eigenvalue weighted by molar-refractivity contribution is 7.87. The number of cyclic esters (lactones) is 1. The minimum absolute atomic E-state index is 0.000235. The highest BCUT2D eigenvalue weighted by atomic mass is 32.2. The Labute approximate surface area is 273 Å². The molecule has 47 heavy (non-hydrogen) atoms. The minimum Gasteiger partial charge on any atom is -0.493 e. The number of fused-ring (bicyclic) bond motifs is 3. The van der Waals surface area contributed by atoms with Crippen LogP contribution >= 0.6 is 0 Å². The van der Waals surface area contributed by atoms with E-state index in [-0.39, 0.29) is 26.5 Å². The molecule has 1 N–H and O–H groups in total. The van der Waals surface area contributed by atoms with Gasteiger partial charge in [0.1, 0.15) is 6.10 Å². The largest absolute Gasteiger partial charge is 0.493 e. The molecule has 4 atom stereocenters. The summed E-state index contributed by atoms with van der Waals surface area (Å²) in [6, 6.07) is 7.53. The van der Waals surface area contributed by atoms with Crippen LogP contribution in [0.3, 0.4) is 0 Å². The smallest absolute Gasteiger partial charge is 0.422 e. The lowest BCUT2D eigenvalue weighted by Crippen LogP contribution is -2.54. The zero-order valence-electron chi connectivity index (χ0n) is 26.6. The molecular formula is C32H39N3O11S. The number of nitrogens with zero attached hydrogens (tertiary/aromatic N) is 2. The van der Waals surface area contributed by atoms with Gasteiger partial charge in [-0.25, -0.2) is 9.52 Å². The van der Waals surface area contributed by atoms with Gasteiger partial charge in [0.05, 0.1) is 33.9 Å². The van der Waals surface area contributed by atoms with Gasteiger partial charge in [0.15, 0.2) is 23.0 Å². The van der Waals surface area contributed by atoms with E-state index in [2.05, 4.69) is 9.62 Å². The molecule has 2 saturated heterocycles. The van der Waals surface area contributed by atoms with Crippen molar-refractivity contribution < 1.29 is 51.2 Å². The van der Waals surface area contributed by atoms with Crippen molar-refractivity contribution in [1.82, 2.24) is 13.9 Å². The van der Waals surface area contributed by atoms with Crippen molar-refractivity contribution in [3.05, 3.63) is 41.0 Å². The van der Waals surface area contributed by atoms with Gasteiger partial charge in [-0.2, -0.15) is 12.7 Å². The fourth-order valence-corrected chi connectivity index (χ4v) is 8.86. The Morgan fingerprint density at radius 3 is 2.13 bits per heavy atom. The van der Waals surface area contributed by atoms with Crippen LogP contribution in [0.4, 0.5) is 4.79 Å². The van der Waals surface area contributed by atoms with Gasteiger partial charge in [-0.15, -0.1) is 0 Å². The van der Waals surface area contributed by atoms with Gasteiger partial charge in [0.25, 0.3) is 0 Å². The standard InChI is InChI=1S/C32H39N3O11S/c1-40-25-12-18(13-26(41-2)30(25)42-3)27-20-14-23-24(45-17-44-23)15-21(20)29(22-16-43-31(36)28(22)27)46-32(37)33-47(38,39)35-10-8-34(9-11-35)19-6-4-5-7-19/h12-15,19,22,27-29H,4-11,16-17H2,1-3H3,(H,33,37)/t22-,27+,28-,29-/m0/s1. The number of hydrogen-bond donors (Lipinski definition) is 1. The monoisotopic (exact) mass is 673 g/mol. The molecule has 5 aliphatic rings. The van der Waals surface area contributed by atoms with E-state index < -0.39 is 46.1 Å². The first-order chi connectivity index (χ1) is 22.7. The molecule has 2 aromatic carbocycles. The number of piperazine rings is 1. The maximum atomic E-state index is 13.4. The van der Waals surface area contributed by atoms with Crippen molar-refractivity contribution in [2.45, 2.75) is 43.7 Å². The third-order valence-electron chi connectivity index (χ3n) is 10.1. The normalized spacial score (nSPS) is 25.9. The lowest BCUT2D eigenvalue weighted by molar-refractivity contribution is -0.141. The van der Waals surface area contributed by atoms with Crippen molar-refractivity contribution in [3.8, 4) is 28.7 Å². The van der Waals surface area contributed by atoms with Crippen molar-refractivity contribution >= 4 is 22.3 Å². The molecule has 0 spiro atoms. The van der Waals surface area contributed by atoms with Crippen LogP contribution < -0.4 is 28.4 Å². The molecule has 0 aromatic heterocycles. The second kappa shape index (κ2) is 12.6. The molecular weight excluding hydrogens is 634 g/mol. The molecule has 3 heterocycles. The number of rotatable bonds is 8. The number of carbonyl (C=O) groups is 2. The minimum atomic E-state index is -4.18. The summed E-state index contributed by atoms with van der Waals surface area (Å²) >= 11 is 0. The van der Waals surface area contributed by atoms with Crippen LogP contribution in [-0.4, -0.2) is 96.6 Å². The maximum absolute atomic E-state index is 13.4. The summed E-state index contributed by atoms with van der Waals surface area (Å²) in [4.78, 5) is 29.1. The van der Waals surface area contributed by atoms with E-state index in [0.717, 1.165) is 12.8 Å². The first kappa shape index (κ1) is 31.6. The Morgan fingerprint density at radius 2 is 1.51 bits per heavy atom. The van der Waals surface area contributed by atoms with Gasteiger partial charge in [-0.1, -0.05) is 12.8 Å². The van der Waals surface area contributed by atoms with E-state index in [4.69, 9.17) is 33.2 Å². The molecule has 1 saturated carbocycles. The molecule has 0 unspecified atom stereocenters. The van der Waals surface area contributed by atoms with Crippen LogP contribution in [0.25, 0.3) is 0 Å². The summed E-state index contributed by atoms with van der Waals surface area (Å²) in [5.41, 5.74) is 1.85. The molecule has 2 aromatic rings. The Hall–Kier alpha value is -3.95. The van der Waals surface area contributed by atoms with Crippen LogP contribution in [-0.2, 0) is 24.5 Å². The molecule has 7 rings (SSSR count). The van der Waals surface area contributed by atoms with Crippen molar-refractivity contribution in [1.29, 1.82) is 0 Å². The van der Waals surface area contributed by atoms with E-state index >= 15 is 0 Å². The number of ether oxygens (including phenoxy) is 7. The lowest BCUT2D eigenvalue weighted by Gasteiger charge is -2.39. The summed E-state index contributed by atoms with van der Waals surface area (Å²) in [6.45, 7) is 1.73. The van der Waals surface area contributed by atoms with Crippen LogP contribution in [0.5, 0.6) is 28.7 Å². The molecule has 14 nitrogen and oxygen atoms in total. The quantitative estimate of drug-likeness (QED) is 0.411. The molecule has 3 fully saturated rings. The lowest BCUT2D eigenvalue weighted by atomic mass is 9.66. The first-order valence-corrected chi connectivity index (χ1v) is 17.3. The zero-order valence-corrected chi connectivity index (χ0v) is 27.4. The summed E-state index contributed by atoms with van der Waals surface area (Å²) in [5.74, 6) is -0.379. The van der Waals surface area contributed by atoms with Crippen LogP contribution in [0.1, 0.15) is 54.4 Å². The van der Waals surface area contributed by atoms with Gasteiger partial charge in [-0.3, -0.25) is 9.69 Å². The van der Waals surface area contributed by atoms with E-state index in [1.54, 1.807) is 24.3 Å². The van der Waals surface area contributed by atoms with Crippen molar-refractivity contribution in [2.75, 3.05) is 60.9 Å². The maximum Gasteiger partial charge on any atom is 0.422 e. The number of benzene rings is 2. The highest BCUT2D eigenvalue weighted by Crippen LogP contribution is 2.56. The molecule has 0 bridgehead atoms. The van der Waals surface area contributed by atoms with Crippen LogP contribution in [0.15, 0.2) is 24.3 Å². The van der Waals surface area contributed by atoms with Crippen molar-refractivity contribution in [3.63, 3.8) is 0 Å². The Kier molecular flexibility index (Phi) is 8.47. The van der Waals surface area contributed by atoms with E-state index in [9.17, 15) is 18.0 Å².